The molecule has 1 heterocycles. The van der Waals surface area contributed by atoms with Crippen molar-refractivity contribution >= 4 is 23.2 Å². The van der Waals surface area contributed by atoms with Crippen molar-refractivity contribution in [1.29, 1.82) is 0 Å². The lowest BCUT2D eigenvalue weighted by Crippen LogP contribution is -2.34. The minimum atomic E-state index is -0.488. The minimum absolute atomic E-state index is 0.0342. The molecule has 1 aliphatic heterocycles. The summed E-state index contributed by atoms with van der Waals surface area (Å²) in [5.41, 5.74) is 1.30. The van der Waals surface area contributed by atoms with E-state index in [2.05, 4.69) is 10.6 Å². The molecule has 3 rings (SSSR count). The van der Waals surface area contributed by atoms with Gasteiger partial charge in [-0.05, 0) is 37.5 Å². The first-order valence-electron chi connectivity index (χ1n) is 8.53. The van der Waals surface area contributed by atoms with Crippen LogP contribution < -0.4 is 15.4 Å². The van der Waals surface area contributed by atoms with Crippen LogP contribution >= 0.6 is 0 Å². The van der Waals surface area contributed by atoms with Crippen LogP contribution in [0, 0.1) is 5.92 Å². The summed E-state index contributed by atoms with van der Waals surface area (Å²) in [7, 11) is 0. The molecule has 0 radical (unpaired) electrons. The molecular weight excluding hydrogens is 292 g/mol. The van der Waals surface area contributed by atoms with Crippen LogP contribution in [0.15, 0.2) is 18.2 Å². The van der Waals surface area contributed by atoms with Crippen molar-refractivity contribution in [3.05, 3.63) is 18.2 Å². The first kappa shape index (κ1) is 15.8. The smallest absolute Gasteiger partial charge is 0.265 e. The third-order valence-electron chi connectivity index (χ3n) is 4.70. The van der Waals surface area contributed by atoms with Crippen LogP contribution in [-0.2, 0) is 9.59 Å². The Morgan fingerprint density at radius 3 is 2.87 bits per heavy atom. The lowest BCUT2D eigenvalue weighted by atomic mass is 9.86. The Morgan fingerprint density at radius 2 is 2.09 bits per heavy atom. The predicted octanol–water partition coefficient (Wildman–Crippen LogP) is 3.71. The van der Waals surface area contributed by atoms with Crippen molar-refractivity contribution in [2.45, 2.75) is 58.0 Å². The van der Waals surface area contributed by atoms with Gasteiger partial charge >= 0.3 is 0 Å². The Balaban J connectivity index is 1.54. The highest BCUT2D eigenvalue weighted by Crippen LogP contribution is 2.32. The summed E-state index contributed by atoms with van der Waals surface area (Å²) in [5, 5.41) is 5.70. The molecule has 23 heavy (non-hydrogen) atoms. The molecule has 2 amide bonds. The fourth-order valence-corrected chi connectivity index (χ4v) is 3.32. The SMILES string of the molecule is C[C@@H]1Oc2ccc(NC(=O)CCC3CCCCC3)cc2NC1=O. The van der Waals surface area contributed by atoms with Gasteiger partial charge in [-0.3, -0.25) is 9.59 Å². The summed E-state index contributed by atoms with van der Waals surface area (Å²) in [6.45, 7) is 1.71. The minimum Gasteiger partial charge on any atom is -0.479 e. The number of hydrogen-bond donors (Lipinski definition) is 2. The van der Waals surface area contributed by atoms with E-state index in [1.807, 2.05) is 6.07 Å². The van der Waals surface area contributed by atoms with Crippen LogP contribution in [-0.4, -0.2) is 17.9 Å². The zero-order valence-corrected chi connectivity index (χ0v) is 13.6. The maximum Gasteiger partial charge on any atom is 0.265 e. The van der Waals surface area contributed by atoms with Gasteiger partial charge in [0.25, 0.3) is 5.91 Å². The molecule has 1 aromatic carbocycles. The van der Waals surface area contributed by atoms with Gasteiger partial charge in [0.15, 0.2) is 6.10 Å². The highest BCUT2D eigenvalue weighted by atomic mass is 16.5. The Bertz CT molecular complexity index is 594. The van der Waals surface area contributed by atoms with E-state index in [0.29, 0.717) is 29.5 Å². The standard InChI is InChI=1S/C18H24N2O3/c1-12-18(22)20-15-11-14(8-9-16(15)23-12)19-17(21)10-7-13-5-3-2-4-6-13/h8-9,11-13H,2-7,10H2,1H3,(H,19,21)(H,20,22)/t12-/m0/s1. The Hall–Kier alpha value is -2.04. The zero-order valence-electron chi connectivity index (χ0n) is 13.6. The van der Waals surface area contributed by atoms with Crippen LogP contribution in [0.2, 0.25) is 0 Å². The second-order valence-corrected chi connectivity index (χ2v) is 6.55. The maximum atomic E-state index is 12.1. The molecule has 2 aliphatic rings. The van der Waals surface area contributed by atoms with Crippen molar-refractivity contribution < 1.29 is 14.3 Å². The number of ether oxygens (including phenoxy) is 1. The van der Waals surface area contributed by atoms with E-state index in [4.69, 9.17) is 4.74 Å². The number of anilines is 2. The quantitative estimate of drug-likeness (QED) is 0.890. The van der Waals surface area contributed by atoms with E-state index < -0.39 is 6.10 Å². The van der Waals surface area contributed by atoms with E-state index in [9.17, 15) is 9.59 Å². The molecule has 124 valence electrons. The Morgan fingerprint density at radius 1 is 1.30 bits per heavy atom. The summed E-state index contributed by atoms with van der Waals surface area (Å²) in [4.78, 5) is 23.8. The summed E-state index contributed by atoms with van der Waals surface area (Å²) >= 11 is 0. The van der Waals surface area contributed by atoms with Gasteiger partial charge in [-0.15, -0.1) is 0 Å². The molecule has 1 saturated carbocycles. The second kappa shape index (κ2) is 7.02. The highest BCUT2D eigenvalue weighted by molar-refractivity contribution is 5.99. The van der Waals surface area contributed by atoms with Gasteiger partial charge in [0, 0.05) is 12.1 Å². The normalized spacial score (nSPS) is 21.1. The first-order chi connectivity index (χ1) is 11.1. The van der Waals surface area contributed by atoms with Crippen molar-refractivity contribution in [3.8, 4) is 5.75 Å². The molecule has 1 fully saturated rings. The number of carbonyl (C=O) groups is 2. The van der Waals surface area contributed by atoms with Crippen LogP contribution in [0.4, 0.5) is 11.4 Å². The fraction of sp³-hybridized carbons (Fsp3) is 0.556. The topological polar surface area (TPSA) is 67.4 Å². The maximum absolute atomic E-state index is 12.1. The van der Waals surface area contributed by atoms with Crippen molar-refractivity contribution in [2.24, 2.45) is 5.92 Å². The van der Waals surface area contributed by atoms with Crippen molar-refractivity contribution in [1.82, 2.24) is 0 Å². The highest BCUT2D eigenvalue weighted by Gasteiger charge is 2.23. The monoisotopic (exact) mass is 316 g/mol. The molecule has 0 unspecified atom stereocenters. The van der Waals surface area contributed by atoms with Gasteiger partial charge in [-0.1, -0.05) is 32.1 Å². The Kier molecular flexibility index (Phi) is 4.84. The van der Waals surface area contributed by atoms with Gasteiger partial charge in [0.05, 0.1) is 5.69 Å². The van der Waals surface area contributed by atoms with E-state index in [1.54, 1.807) is 19.1 Å². The number of hydrogen-bond acceptors (Lipinski definition) is 3. The molecule has 1 aliphatic carbocycles. The summed E-state index contributed by atoms with van der Waals surface area (Å²) < 4.78 is 5.51. The summed E-state index contributed by atoms with van der Waals surface area (Å²) in [5.74, 6) is 1.20. The molecule has 0 spiro atoms. The molecule has 5 heteroatoms. The number of carbonyl (C=O) groups excluding carboxylic acids is 2. The van der Waals surface area contributed by atoms with Gasteiger partial charge < -0.3 is 15.4 Å². The van der Waals surface area contributed by atoms with Gasteiger partial charge in [-0.2, -0.15) is 0 Å². The fourth-order valence-electron chi connectivity index (χ4n) is 3.32. The molecule has 0 saturated heterocycles. The average Bonchev–Trinajstić information content (AvgIpc) is 2.55. The Labute approximate surface area is 136 Å². The van der Waals surface area contributed by atoms with Crippen LogP contribution in [0.25, 0.3) is 0 Å². The van der Waals surface area contributed by atoms with Crippen LogP contribution in [0.5, 0.6) is 5.75 Å². The van der Waals surface area contributed by atoms with E-state index in [-0.39, 0.29) is 11.8 Å². The molecule has 5 nitrogen and oxygen atoms in total. The third kappa shape index (κ3) is 4.03. The molecule has 0 bridgehead atoms. The number of amides is 2. The summed E-state index contributed by atoms with van der Waals surface area (Å²) in [6.07, 6.45) is 7.49. The lowest BCUT2D eigenvalue weighted by Gasteiger charge is -2.24. The largest absolute Gasteiger partial charge is 0.479 e. The number of benzene rings is 1. The summed E-state index contributed by atoms with van der Waals surface area (Å²) in [6, 6.07) is 5.33. The average molecular weight is 316 g/mol. The lowest BCUT2D eigenvalue weighted by molar-refractivity contribution is -0.122. The first-order valence-corrected chi connectivity index (χ1v) is 8.53. The van der Waals surface area contributed by atoms with Crippen LogP contribution in [0.1, 0.15) is 51.9 Å². The van der Waals surface area contributed by atoms with E-state index in [0.717, 1.165) is 6.42 Å². The predicted molar refractivity (Wildman–Crippen MR) is 89.6 cm³/mol. The van der Waals surface area contributed by atoms with Gasteiger partial charge in [0.1, 0.15) is 5.75 Å². The third-order valence-corrected chi connectivity index (χ3v) is 4.70. The molecule has 0 aromatic heterocycles. The van der Waals surface area contributed by atoms with Gasteiger partial charge in [-0.25, -0.2) is 0 Å². The van der Waals surface area contributed by atoms with Crippen LogP contribution in [0.3, 0.4) is 0 Å². The van der Waals surface area contributed by atoms with E-state index >= 15 is 0 Å². The van der Waals surface area contributed by atoms with Gasteiger partial charge in [0.2, 0.25) is 5.91 Å². The molecule has 1 aromatic rings. The molecule has 2 N–H and O–H groups in total. The zero-order chi connectivity index (χ0) is 16.2. The number of nitrogens with one attached hydrogen (secondary N) is 2. The van der Waals surface area contributed by atoms with Crippen molar-refractivity contribution in [2.75, 3.05) is 10.6 Å². The second-order valence-electron chi connectivity index (χ2n) is 6.55. The number of fused-ring (bicyclic) bond motifs is 1. The number of rotatable bonds is 4. The van der Waals surface area contributed by atoms with Crippen molar-refractivity contribution in [3.63, 3.8) is 0 Å². The van der Waals surface area contributed by atoms with E-state index in [1.165, 1.54) is 32.1 Å². The molecule has 1 atom stereocenters. The molecular formula is C18H24N2O3.